The number of aromatic nitrogens is 5. The molecule has 2 aromatic rings. The Labute approximate surface area is 93.1 Å². The highest BCUT2D eigenvalue weighted by Crippen LogP contribution is 2.12. The van der Waals surface area contributed by atoms with Crippen LogP contribution in [0.5, 0.6) is 0 Å². The van der Waals surface area contributed by atoms with Crippen LogP contribution in [0, 0.1) is 0 Å². The molecular weight excluding hydrogens is 299 g/mol. The number of aliphatic hydroxyl groups is 1. The molecule has 0 saturated carbocycles. The first kappa shape index (κ1) is 9.52. The molecule has 0 fully saturated rings. The predicted octanol–water partition coefficient (Wildman–Crippen LogP) is -0.184. The van der Waals surface area contributed by atoms with E-state index in [1.165, 1.54) is 6.33 Å². The zero-order chi connectivity index (χ0) is 9.97. The SMILES string of the molecule is OCCc1nnc2c(NI)ncnn12. The molecule has 0 aliphatic heterocycles. The van der Waals surface area contributed by atoms with Crippen molar-refractivity contribution in [3.8, 4) is 0 Å². The monoisotopic (exact) mass is 306 g/mol. The summed E-state index contributed by atoms with van der Waals surface area (Å²) in [5.74, 6) is 1.23. The molecule has 0 radical (unpaired) electrons. The van der Waals surface area contributed by atoms with Gasteiger partial charge in [0, 0.05) is 6.42 Å². The van der Waals surface area contributed by atoms with Gasteiger partial charge in [-0.25, -0.2) is 4.98 Å². The van der Waals surface area contributed by atoms with Crippen LogP contribution in [0.4, 0.5) is 5.82 Å². The molecule has 0 spiro atoms. The van der Waals surface area contributed by atoms with Crippen LogP contribution in [0.2, 0.25) is 0 Å². The quantitative estimate of drug-likeness (QED) is 0.604. The van der Waals surface area contributed by atoms with Crippen molar-refractivity contribution in [1.29, 1.82) is 0 Å². The molecule has 0 aromatic carbocycles. The minimum atomic E-state index is 0.0256. The van der Waals surface area contributed by atoms with Crippen LogP contribution in [0.25, 0.3) is 5.65 Å². The van der Waals surface area contributed by atoms with Crippen LogP contribution in [-0.4, -0.2) is 36.5 Å². The average Bonchev–Trinajstić information content (AvgIpc) is 2.62. The van der Waals surface area contributed by atoms with Crippen molar-refractivity contribution >= 4 is 34.3 Å². The van der Waals surface area contributed by atoms with Gasteiger partial charge in [-0.15, -0.1) is 10.2 Å². The van der Waals surface area contributed by atoms with Gasteiger partial charge in [-0.2, -0.15) is 9.61 Å². The van der Waals surface area contributed by atoms with Crippen molar-refractivity contribution in [2.45, 2.75) is 6.42 Å². The molecule has 8 heteroatoms. The van der Waals surface area contributed by atoms with Gasteiger partial charge in [0.15, 0.2) is 11.6 Å². The van der Waals surface area contributed by atoms with Crippen molar-refractivity contribution in [1.82, 2.24) is 24.8 Å². The van der Waals surface area contributed by atoms with Crippen LogP contribution in [0.3, 0.4) is 0 Å². The van der Waals surface area contributed by atoms with Crippen LogP contribution in [0.15, 0.2) is 6.33 Å². The fraction of sp³-hybridized carbons (Fsp3) is 0.333. The topological polar surface area (TPSA) is 88.2 Å². The second-order valence-corrected chi connectivity index (χ2v) is 3.07. The highest BCUT2D eigenvalue weighted by molar-refractivity contribution is 14.1. The first-order chi connectivity index (χ1) is 6.86. The minimum Gasteiger partial charge on any atom is -0.396 e. The summed E-state index contributed by atoms with van der Waals surface area (Å²) < 4.78 is 4.42. The number of hydrogen-bond donors (Lipinski definition) is 2. The zero-order valence-corrected chi connectivity index (χ0v) is 9.21. The number of fused-ring (bicyclic) bond motifs is 1. The third kappa shape index (κ3) is 1.50. The number of hydrogen-bond acceptors (Lipinski definition) is 6. The molecule has 2 rings (SSSR count). The van der Waals surface area contributed by atoms with Crippen molar-refractivity contribution in [3.63, 3.8) is 0 Å². The third-order valence-electron chi connectivity index (χ3n) is 1.70. The molecule has 0 aliphatic rings. The van der Waals surface area contributed by atoms with E-state index < -0.39 is 0 Å². The van der Waals surface area contributed by atoms with Crippen LogP contribution < -0.4 is 3.53 Å². The second-order valence-electron chi connectivity index (χ2n) is 2.53. The van der Waals surface area contributed by atoms with Gasteiger partial charge in [-0.05, 0) is 0 Å². The van der Waals surface area contributed by atoms with E-state index in [0.29, 0.717) is 23.7 Å². The van der Waals surface area contributed by atoms with Crippen molar-refractivity contribution in [2.24, 2.45) is 0 Å². The summed E-state index contributed by atoms with van der Waals surface area (Å²) in [5.41, 5.74) is 0.561. The molecule has 0 aliphatic carbocycles. The van der Waals surface area contributed by atoms with Gasteiger partial charge < -0.3 is 8.64 Å². The molecule has 74 valence electrons. The first-order valence-electron chi connectivity index (χ1n) is 3.89. The lowest BCUT2D eigenvalue weighted by molar-refractivity contribution is 0.295. The number of rotatable bonds is 3. The summed E-state index contributed by atoms with van der Waals surface area (Å²) in [7, 11) is 0. The molecule has 2 heterocycles. The summed E-state index contributed by atoms with van der Waals surface area (Å²) in [5, 5.41) is 20.6. The van der Waals surface area contributed by atoms with Crippen molar-refractivity contribution in [3.05, 3.63) is 12.2 Å². The molecule has 0 saturated heterocycles. The van der Waals surface area contributed by atoms with Gasteiger partial charge >= 0.3 is 0 Å². The summed E-state index contributed by atoms with van der Waals surface area (Å²) in [6.07, 6.45) is 1.84. The Morgan fingerprint density at radius 2 is 2.36 bits per heavy atom. The van der Waals surface area contributed by atoms with Gasteiger partial charge in [-0.1, -0.05) is 0 Å². The number of nitrogens with one attached hydrogen (secondary N) is 1. The van der Waals surface area contributed by atoms with Crippen molar-refractivity contribution in [2.75, 3.05) is 10.1 Å². The normalized spacial score (nSPS) is 10.7. The minimum absolute atomic E-state index is 0.0256. The molecule has 0 amide bonds. The third-order valence-corrected chi connectivity index (χ3v) is 2.21. The Hall–Kier alpha value is -1.03. The highest BCUT2D eigenvalue weighted by Gasteiger charge is 2.09. The van der Waals surface area contributed by atoms with Crippen LogP contribution in [-0.2, 0) is 6.42 Å². The maximum Gasteiger partial charge on any atom is 0.221 e. The highest BCUT2D eigenvalue weighted by atomic mass is 127. The Kier molecular flexibility index (Phi) is 2.72. The molecule has 0 atom stereocenters. The maximum absolute atomic E-state index is 8.78. The van der Waals surface area contributed by atoms with Gasteiger partial charge in [0.1, 0.15) is 6.33 Å². The Morgan fingerprint density at radius 3 is 3.07 bits per heavy atom. The number of halogens is 1. The molecule has 2 aromatic heterocycles. The van der Waals surface area contributed by atoms with Crippen LogP contribution in [0.1, 0.15) is 5.82 Å². The molecule has 2 N–H and O–H groups in total. The standard InChI is InChI=1S/C6H7IN6O/c7-10-5-6-12-11-4(1-2-14)13(6)9-3-8-5/h3,14H,1-2H2,(H,8,9,10). The van der Waals surface area contributed by atoms with E-state index in [-0.39, 0.29) is 6.61 Å². The Bertz CT molecular complexity index is 443. The fourth-order valence-corrected chi connectivity index (χ4v) is 1.48. The fourth-order valence-electron chi connectivity index (χ4n) is 1.10. The van der Waals surface area contributed by atoms with Gasteiger partial charge in [0.25, 0.3) is 0 Å². The smallest absolute Gasteiger partial charge is 0.221 e. The molecule has 7 nitrogen and oxygen atoms in total. The lowest BCUT2D eigenvalue weighted by Gasteiger charge is -1.98. The van der Waals surface area contributed by atoms with E-state index in [4.69, 9.17) is 5.11 Å². The summed E-state index contributed by atoms with van der Waals surface area (Å²) >= 11 is 1.96. The maximum atomic E-state index is 8.78. The van der Waals surface area contributed by atoms with E-state index in [9.17, 15) is 0 Å². The van der Waals surface area contributed by atoms with Crippen LogP contribution >= 0.6 is 22.9 Å². The summed E-state index contributed by atoms with van der Waals surface area (Å²) in [6, 6.07) is 0. The molecule has 14 heavy (non-hydrogen) atoms. The Balaban J connectivity index is 2.57. The molecule has 0 unspecified atom stereocenters. The predicted molar refractivity (Wildman–Crippen MR) is 57.0 cm³/mol. The summed E-state index contributed by atoms with van der Waals surface area (Å²) in [4.78, 5) is 3.98. The summed E-state index contributed by atoms with van der Waals surface area (Å²) in [6.45, 7) is 0.0256. The van der Waals surface area contributed by atoms with Gasteiger partial charge in [0.2, 0.25) is 5.65 Å². The van der Waals surface area contributed by atoms with E-state index in [1.807, 2.05) is 22.9 Å². The first-order valence-corrected chi connectivity index (χ1v) is 4.97. The van der Waals surface area contributed by atoms with Crippen molar-refractivity contribution < 1.29 is 5.11 Å². The molecular formula is C6H7IN6O. The molecule has 0 bridgehead atoms. The largest absolute Gasteiger partial charge is 0.396 e. The van der Waals surface area contributed by atoms with E-state index in [2.05, 4.69) is 23.8 Å². The number of nitrogens with zero attached hydrogens (tertiary/aromatic N) is 5. The number of aliphatic hydroxyl groups excluding tert-OH is 1. The number of anilines is 1. The average molecular weight is 306 g/mol. The van der Waals surface area contributed by atoms with Gasteiger partial charge in [-0.3, -0.25) is 0 Å². The lowest BCUT2D eigenvalue weighted by atomic mass is 10.4. The second kappa shape index (κ2) is 4.00. The Morgan fingerprint density at radius 1 is 1.50 bits per heavy atom. The zero-order valence-electron chi connectivity index (χ0n) is 7.05. The van der Waals surface area contributed by atoms with Gasteiger partial charge in [0.05, 0.1) is 29.5 Å². The van der Waals surface area contributed by atoms with E-state index in [1.54, 1.807) is 4.52 Å². The van der Waals surface area contributed by atoms with E-state index in [0.717, 1.165) is 0 Å². The van der Waals surface area contributed by atoms with E-state index >= 15 is 0 Å². The lowest BCUT2D eigenvalue weighted by Crippen LogP contribution is -2.03.